The monoisotopic (exact) mass is 477 g/mol. The Labute approximate surface area is 202 Å². The van der Waals surface area contributed by atoms with E-state index < -0.39 is 5.92 Å². The molecule has 34 heavy (non-hydrogen) atoms. The number of benzene rings is 3. The van der Waals surface area contributed by atoms with E-state index in [9.17, 15) is 9.59 Å². The molecule has 2 amide bonds. The predicted octanol–water partition coefficient (Wildman–Crippen LogP) is 4.43. The normalized spacial score (nSPS) is 15.5. The number of nitrogens with one attached hydrogen (secondary N) is 1. The van der Waals surface area contributed by atoms with Gasteiger partial charge in [-0.25, -0.2) is 5.43 Å². The standard InChI is InChI=1S/C26H24ClN3O4/c1-33-22-12-10-21(11-13-22)30-16-20(14-25(30)31)26(32)29-28-15-18-6-3-5-9-24(18)34-17-19-7-2-4-8-23(19)27/h2-13,15,20H,14,16-17H2,1H3,(H,29,32)/b28-15+. The van der Waals surface area contributed by atoms with Crippen LogP contribution in [-0.4, -0.2) is 31.7 Å². The van der Waals surface area contributed by atoms with Gasteiger partial charge in [-0.1, -0.05) is 41.9 Å². The van der Waals surface area contributed by atoms with Crippen LogP contribution in [0.3, 0.4) is 0 Å². The Morgan fingerprint density at radius 3 is 2.62 bits per heavy atom. The molecule has 1 fully saturated rings. The summed E-state index contributed by atoms with van der Waals surface area (Å²) in [5.74, 6) is 0.415. The van der Waals surface area contributed by atoms with Crippen LogP contribution >= 0.6 is 11.6 Å². The van der Waals surface area contributed by atoms with Crippen LogP contribution in [0, 0.1) is 5.92 Å². The highest BCUT2D eigenvalue weighted by Crippen LogP contribution is 2.27. The molecule has 1 saturated heterocycles. The number of nitrogens with zero attached hydrogens (tertiary/aromatic N) is 2. The topological polar surface area (TPSA) is 80.2 Å². The second kappa shape index (κ2) is 10.9. The first-order chi connectivity index (χ1) is 16.5. The molecular formula is C26H24ClN3O4. The van der Waals surface area contributed by atoms with Crippen molar-refractivity contribution in [3.63, 3.8) is 0 Å². The molecule has 3 aromatic carbocycles. The molecule has 1 unspecified atom stereocenters. The van der Waals surface area contributed by atoms with E-state index in [0.717, 1.165) is 11.3 Å². The first-order valence-corrected chi connectivity index (χ1v) is 11.2. The van der Waals surface area contributed by atoms with Crippen molar-refractivity contribution in [2.24, 2.45) is 11.0 Å². The molecule has 0 saturated carbocycles. The minimum Gasteiger partial charge on any atom is -0.497 e. The van der Waals surface area contributed by atoms with Gasteiger partial charge in [0.15, 0.2) is 0 Å². The highest BCUT2D eigenvalue weighted by atomic mass is 35.5. The zero-order valence-corrected chi connectivity index (χ0v) is 19.4. The summed E-state index contributed by atoms with van der Waals surface area (Å²) in [5.41, 5.74) is 4.86. The number of amides is 2. The summed E-state index contributed by atoms with van der Waals surface area (Å²) < 4.78 is 11.1. The quantitative estimate of drug-likeness (QED) is 0.384. The fourth-order valence-electron chi connectivity index (χ4n) is 3.64. The predicted molar refractivity (Wildman–Crippen MR) is 131 cm³/mol. The fraction of sp³-hybridized carbons (Fsp3) is 0.192. The smallest absolute Gasteiger partial charge is 0.245 e. The van der Waals surface area contributed by atoms with Crippen molar-refractivity contribution in [2.45, 2.75) is 13.0 Å². The summed E-state index contributed by atoms with van der Waals surface area (Å²) in [6.07, 6.45) is 1.66. The van der Waals surface area contributed by atoms with E-state index in [1.807, 2.05) is 48.5 Å². The Balaban J connectivity index is 1.35. The van der Waals surface area contributed by atoms with Gasteiger partial charge in [-0.05, 0) is 42.5 Å². The maximum atomic E-state index is 12.6. The lowest BCUT2D eigenvalue weighted by Gasteiger charge is -2.16. The molecule has 4 rings (SSSR count). The van der Waals surface area contributed by atoms with Crippen molar-refractivity contribution in [3.05, 3.63) is 88.9 Å². The molecule has 0 radical (unpaired) electrons. The molecule has 1 atom stereocenters. The van der Waals surface area contributed by atoms with Gasteiger partial charge in [0.25, 0.3) is 0 Å². The average Bonchev–Trinajstić information content (AvgIpc) is 3.26. The Morgan fingerprint density at radius 2 is 1.85 bits per heavy atom. The van der Waals surface area contributed by atoms with Crippen LogP contribution < -0.4 is 19.8 Å². The van der Waals surface area contributed by atoms with Gasteiger partial charge in [0.2, 0.25) is 11.8 Å². The number of anilines is 1. The number of methoxy groups -OCH3 is 1. The van der Waals surface area contributed by atoms with Crippen molar-refractivity contribution >= 4 is 35.3 Å². The molecule has 0 spiro atoms. The van der Waals surface area contributed by atoms with Crippen LogP contribution in [0.2, 0.25) is 5.02 Å². The molecule has 0 aromatic heterocycles. The van der Waals surface area contributed by atoms with Crippen LogP contribution in [0.1, 0.15) is 17.5 Å². The lowest BCUT2D eigenvalue weighted by Crippen LogP contribution is -2.30. The Morgan fingerprint density at radius 1 is 1.12 bits per heavy atom. The number of carbonyl (C=O) groups is 2. The average molecular weight is 478 g/mol. The van der Waals surface area contributed by atoms with Crippen molar-refractivity contribution in [1.82, 2.24) is 5.43 Å². The minimum absolute atomic E-state index is 0.104. The maximum absolute atomic E-state index is 12.6. The highest BCUT2D eigenvalue weighted by molar-refractivity contribution is 6.31. The van der Waals surface area contributed by atoms with Crippen molar-refractivity contribution in [1.29, 1.82) is 0 Å². The number of ether oxygens (including phenoxy) is 2. The van der Waals surface area contributed by atoms with Gasteiger partial charge < -0.3 is 14.4 Å². The van der Waals surface area contributed by atoms with Crippen molar-refractivity contribution in [2.75, 3.05) is 18.6 Å². The number of carbonyl (C=O) groups excluding carboxylic acids is 2. The summed E-state index contributed by atoms with van der Waals surface area (Å²) >= 11 is 6.20. The van der Waals surface area contributed by atoms with E-state index in [1.165, 1.54) is 6.21 Å². The van der Waals surface area contributed by atoms with Crippen LogP contribution in [0.5, 0.6) is 11.5 Å². The van der Waals surface area contributed by atoms with Gasteiger partial charge in [0, 0.05) is 34.8 Å². The maximum Gasteiger partial charge on any atom is 0.245 e. The minimum atomic E-state index is -0.488. The van der Waals surface area contributed by atoms with E-state index in [0.29, 0.717) is 35.2 Å². The Bertz CT molecular complexity index is 1200. The van der Waals surface area contributed by atoms with Crippen LogP contribution in [0.25, 0.3) is 0 Å². The van der Waals surface area contributed by atoms with Gasteiger partial charge in [-0.15, -0.1) is 0 Å². The number of hydrogen-bond donors (Lipinski definition) is 1. The molecule has 3 aromatic rings. The fourth-order valence-corrected chi connectivity index (χ4v) is 3.83. The molecule has 0 bridgehead atoms. The summed E-state index contributed by atoms with van der Waals surface area (Å²) in [7, 11) is 1.58. The first-order valence-electron chi connectivity index (χ1n) is 10.8. The van der Waals surface area contributed by atoms with Crippen LogP contribution in [-0.2, 0) is 16.2 Å². The van der Waals surface area contributed by atoms with Gasteiger partial charge in [-0.3, -0.25) is 9.59 Å². The Kier molecular flexibility index (Phi) is 7.44. The number of rotatable bonds is 8. The summed E-state index contributed by atoms with van der Waals surface area (Å²) in [5, 5.41) is 4.72. The van der Waals surface area contributed by atoms with E-state index in [1.54, 1.807) is 36.3 Å². The lowest BCUT2D eigenvalue weighted by molar-refractivity contribution is -0.126. The molecule has 0 aliphatic carbocycles. The molecule has 174 valence electrons. The molecule has 1 heterocycles. The van der Waals surface area contributed by atoms with E-state index in [4.69, 9.17) is 21.1 Å². The summed E-state index contributed by atoms with van der Waals surface area (Å²) in [6, 6.07) is 22.0. The lowest BCUT2D eigenvalue weighted by atomic mass is 10.1. The highest BCUT2D eigenvalue weighted by Gasteiger charge is 2.35. The summed E-state index contributed by atoms with van der Waals surface area (Å²) in [4.78, 5) is 26.7. The Hall–Kier alpha value is -3.84. The van der Waals surface area contributed by atoms with Gasteiger partial charge in [-0.2, -0.15) is 5.10 Å². The zero-order valence-electron chi connectivity index (χ0n) is 18.6. The number of hydrogen-bond acceptors (Lipinski definition) is 5. The van der Waals surface area contributed by atoms with Crippen molar-refractivity contribution < 1.29 is 19.1 Å². The second-order valence-electron chi connectivity index (χ2n) is 7.76. The summed E-state index contributed by atoms with van der Waals surface area (Å²) in [6.45, 7) is 0.603. The molecule has 8 heteroatoms. The molecule has 1 aliphatic rings. The van der Waals surface area contributed by atoms with Gasteiger partial charge in [0.1, 0.15) is 18.1 Å². The van der Waals surface area contributed by atoms with Gasteiger partial charge in [0.05, 0.1) is 19.2 Å². The zero-order chi connectivity index (χ0) is 23.9. The third-order valence-electron chi connectivity index (χ3n) is 5.52. The SMILES string of the molecule is COc1ccc(N2CC(C(=O)N/N=C/c3ccccc3OCc3ccccc3Cl)CC2=O)cc1. The number of para-hydroxylation sites is 1. The number of hydrazone groups is 1. The van der Waals surface area contributed by atoms with Gasteiger partial charge >= 0.3 is 0 Å². The molecular weight excluding hydrogens is 454 g/mol. The van der Waals surface area contributed by atoms with E-state index in [-0.39, 0.29) is 18.2 Å². The van der Waals surface area contributed by atoms with E-state index in [2.05, 4.69) is 10.5 Å². The van der Waals surface area contributed by atoms with Crippen LogP contribution in [0.4, 0.5) is 5.69 Å². The third kappa shape index (κ3) is 5.55. The van der Waals surface area contributed by atoms with E-state index >= 15 is 0 Å². The largest absolute Gasteiger partial charge is 0.497 e. The second-order valence-corrected chi connectivity index (χ2v) is 8.16. The molecule has 1 aliphatic heterocycles. The number of halogens is 1. The van der Waals surface area contributed by atoms with Crippen molar-refractivity contribution in [3.8, 4) is 11.5 Å². The molecule has 7 nitrogen and oxygen atoms in total. The molecule has 1 N–H and O–H groups in total. The van der Waals surface area contributed by atoms with Crippen LogP contribution in [0.15, 0.2) is 77.9 Å². The first kappa shape index (κ1) is 23.3. The third-order valence-corrected chi connectivity index (χ3v) is 5.89.